The third kappa shape index (κ3) is 3.26. The maximum Gasteiger partial charge on any atom is 0.303 e. The molecule has 0 spiro atoms. The van der Waals surface area contributed by atoms with Gasteiger partial charge < -0.3 is 5.11 Å². The van der Waals surface area contributed by atoms with Crippen molar-refractivity contribution in [1.82, 2.24) is 0 Å². The summed E-state index contributed by atoms with van der Waals surface area (Å²) in [6.07, 6.45) is -0.116. The predicted molar refractivity (Wildman–Crippen MR) is 53.8 cm³/mol. The molecule has 0 rings (SSSR count). The van der Waals surface area contributed by atoms with Crippen molar-refractivity contribution in [2.45, 2.75) is 40.2 Å². The van der Waals surface area contributed by atoms with Crippen molar-refractivity contribution in [2.24, 2.45) is 16.4 Å². The molecule has 14 heavy (non-hydrogen) atoms. The topological polar surface area (TPSA) is 86.1 Å². The van der Waals surface area contributed by atoms with Crippen molar-refractivity contribution in [3.63, 3.8) is 0 Å². The Morgan fingerprint density at radius 1 is 1.57 bits per heavy atom. The first-order valence-corrected chi connectivity index (χ1v) is 4.58. The van der Waals surface area contributed by atoms with E-state index in [1.165, 1.54) is 0 Å². The number of carboxylic acids is 1. The molecular formula is C9H17N3O2. The molecule has 1 atom stereocenters. The van der Waals surface area contributed by atoms with Gasteiger partial charge in [0.1, 0.15) is 0 Å². The van der Waals surface area contributed by atoms with E-state index in [4.69, 9.17) is 10.6 Å². The zero-order chi connectivity index (χ0) is 11.4. The lowest BCUT2D eigenvalue weighted by molar-refractivity contribution is -0.138. The van der Waals surface area contributed by atoms with Gasteiger partial charge in [0.05, 0.1) is 12.5 Å². The SMILES string of the molecule is CC(C)C(C)(C)C(CC(=O)O)N=[N+]=[N-]. The normalized spacial score (nSPS) is 13.5. The monoisotopic (exact) mass is 199 g/mol. The molecule has 0 aromatic heterocycles. The summed E-state index contributed by atoms with van der Waals surface area (Å²) in [5.74, 6) is -0.673. The maximum absolute atomic E-state index is 10.6. The Hall–Kier alpha value is -1.22. The van der Waals surface area contributed by atoms with Crippen LogP contribution < -0.4 is 0 Å². The smallest absolute Gasteiger partial charge is 0.303 e. The second kappa shape index (κ2) is 4.86. The van der Waals surface area contributed by atoms with Gasteiger partial charge in [-0.15, -0.1) is 0 Å². The van der Waals surface area contributed by atoms with Crippen LogP contribution in [0, 0.1) is 11.3 Å². The lowest BCUT2D eigenvalue weighted by atomic mass is 9.74. The standard InChI is InChI=1S/C9H17N3O2/c1-6(2)9(3,4)7(11-12-10)5-8(13)14/h6-7H,5H2,1-4H3,(H,13,14). The molecule has 0 saturated heterocycles. The molecular weight excluding hydrogens is 182 g/mol. The number of azide groups is 1. The molecule has 0 aliphatic carbocycles. The fraction of sp³-hybridized carbons (Fsp3) is 0.889. The minimum absolute atomic E-state index is 0.116. The summed E-state index contributed by atoms with van der Waals surface area (Å²) >= 11 is 0. The molecule has 5 nitrogen and oxygen atoms in total. The van der Waals surface area contributed by atoms with Crippen molar-refractivity contribution >= 4 is 5.97 Å². The van der Waals surface area contributed by atoms with Crippen LogP contribution in [-0.2, 0) is 4.79 Å². The van der Waals surface area contributed by atoms with Gasteiger partial charge in [0.15, 0.2) is 0 Å². The third-order valence-corrected chi connectivity index (χ3v) is 2.91. The van der Waals surface area contributed by atoms with Crippen molar-refractivity contribution < 1.29 is 9.90 Å². The highest BCUT2D eigenvalue weighted by Crippen LogP contribution is 2.34. The van der Waals surface area contributed by atoms with Gasteiger partial charge in [0, 0.05) is 4.91 Å². The van der Waals surface area contributed by atoms with Gasteiger partial charge in [-0.2, -0.15) is 0 Å². The van der Waals surface area contributed by atoms with Crippen molar-refractivity contribution in [1.29, 1.82) is 0 Å². The van der Waals surface area contributed by atoms with Crippen molar-refractivity contribution in [2.75, 3.05) is 0 Å². The van der Waals surface area contributed by atoms with E-state index in [2.05, 4.69) is 10.0 Å². The number of carbonyl (C=O) groups is 1. The largest absolute Gasteiger partial charge is 0.481 e. The lowest BCUT2D eigenvalue weighted by Gasteiger charge is -2.34. The van der Waals surface area contributed by atoms with Crippen LogP contribution in [0.3, 0.4) is 0 Å². The molecule has 0 saturated carbocycles. The molecule has 0 amide bonds. The second-order valence-electron chi connectivity index (χ2n) is 4.29. The van der Waals surface area contributed by atoms with E-state index in [0.717, 1.165) is 0 Å². The fourth-order valence-corrected chi connectivity index (χ4v) is 1.07. The Balaban J connectivity index is 4.80. The van der Waals surface area contributed by atoms with Gasteiger partial charge in [-0.3, -0.25) is 4.79 Å². The van der Waals surface area contributed by atoms with Gasteiger partial charge in [0.25, 0.3) is 0 Å². The van der Waals surface area contributed by atoms with Crippen LogP contribution in [0.1, 0.15) is 34.1 Å². The molecule has 0 aliphatic rings. The van der Waals surface area contributed by atoms with Gasteiger partial charge in [-0.25, -0.2) is 0 Å². The van der Waals surface area contributed by atoms with E-state index in [-0.39, 0.29) is 17.8 Å². The summed E-state index contributed by atoms with van der Waals surface area (Å²) in [5, 5.41) is 12.2. The summed E-state index contributed by atoms with van der Waals surface area (Å²) in [5.41, 5.74) is 8.06. The molecule has 0 aromatic carbocycles. The third-order valence-electron chi connectivity index (χ3n) is 2.91. The molecule has 0 fully saturated rings. The zero-order valence-corrected chi connectivity index (χ0v) is 9.06. The van der Waals surface area contributed by atoms with Gasteiger partial charge >= 0.3 is 5.97 Å². The summed E-state index contributed by atoms with van der Waals surface area (Å²) < 4.78 is 0. The Morgan fingerprint density at radius 2 is 2.07 bits per heavy atom. The maximum atomic E-state index is 10.6. The molecule has 1 unspecified atom stereocenters. The second-order valence-corrected chi connectivity index (χ2v) is 4.29. The first kappa shape index (κ1) is 12.8. The predicted octanol–water partition coefficient (Wildman–Crippen LogP) is 2.82. The van der Waals surface area contributed by atoms with Crippen molar-refractivity contribution in [3.05, 3.63) is 10.4 Å². The number of aliphatic carboxylic acids is 1. The van der Waals surface area contributed by atoms with Crippen LogP contribution in [0.2, 0.25) is 0 Å². The molecule has 0 radical (unpaired) electrons. The molecule has 5 heteroatoms. The van der Waals surface area contributed by atoms with Gasteiger partial charge in [0.2, 0.25) is 0 Å². The quantitative estimate of drug-likeness (QED) is 0.419. The van der Waals surface area contributed by atoms with Crippen LogP contribution in [-0.4, -0.2) is 17.1 Å². The minimum Gasteiger partial charge on any atom is -0.481 e. The van der Waals surface area contributed by atoms with E-state index < -0.39 is 12.0 Å². The van der Waals surface area contributed by atoms with E-state index in [1.54, 1.807) is 0 Å². The Morgan fingerprint density at radius 3 is 2.36 bits per heavy atom. The number of rotatable bonds is 5. The highest BCUT2D eigenvalue weighted by Gasteiger charge is 2.33. The van der Waals surface area contributed by atoms with E-state index >= 15 is 0 Å². The summed E-state index contributed by atoms with van der Waals surface area (Å²) in [6, 6.07) is -0.495. The van der Waals surface area contributed by atoms with Crippen LogP contribution in [0.15, 0.2) is 5.11 Å². The van der Waals surface area contributed by atoms with Crippen molar-refractivity contribution in [3.8, 4) is 0 Å². The van der Waals surface area contributed by atoms with E-state index in [9.17, 15) is 4.79 Å². The summed E-state index contributed by atoms with van der Waals surface area (Å²) in [4.78, 5) is 13.3. The van der Waals surface area contributed by atoms with E-state index in [0.29, 0.717) is 0 Å². The highest BCUT2D eigenvalue weighted by molar-refractivity contribution is 5.67. The molecule has 80 valence electrons. The number of nitrogens with zero attached hydrogens (tertiary/aromatic N) is 3. The average Bonchev–Trinajstić information content (AvgIpc) is 2.02. The zero-order valence-electron chi connectivity index (χ0n) is 9.06. The van der Waals surface area contributed by atoms with Crippen LogP contribution in [0.4, 0.5) is 0 Å². The molecule has 0 heterocycles. The van der Waals surface area contributed by atoms with Crippen LogP contribution in [0.5, 0.6) is 0 Å². The summed E-state index contributed by atoms with van der Waals surface area (Å²) in [6.45, 7) is 7.81. The number of hydrogen-bond donors (Lipinski definition) is 1. The fourth-order valence-electron chi connectivity index (χ4n) is 1.07. The van der Waals surface area contributed by atoms with Crippen LogP contribution in [0.25, 0.3) is 10.4 Å². The van der Waals surface area contributed by atoms with E-state index in [1.807, 2.05) is 27.7 Å². The number of hydrogen-bond acceptors (Lipinski definition) is 2. The van der Waals surface area contributed by atoms with Gasteiger partial charge in [-0.05, 0) is 16.9 Å². The molecule has 0 bridgehead atoms. The lowest BCUT2D eigenvalue weighted by Crippen LogP contribution is -2.34. The molecule has 0 aromatic rings. The van der Waals surface area contributed by atoms with Gasteiger partial charge in [-0.1, -0.05) is 32.8 Å². The Labute approximate surface area is 83.7 Å². The first-order chi connectivity index (χ1) is 6.32. The highest BCUT2D eigenvalue weighted by atomic mass is 16.4. The summed E-state index contributed by atoms with van der Waals surface area (Å²) in [7, 11) is 0. The number of carboxylic acid groups (broad SMARTS) is 1. The molecule has 0 aliphatic heterocycles. The average molecular weight is 199 g/mol. The first-order valence-electron chi connectivity index (χ1n) is 4.58. The Bertz CT molecular complexity index is 255. The minimum atomic E-state index is -0.934. The Kier molecular flexibility index (Phi) is 4.44. The molecule has 1 N–H and O–H groups in total. The van der Waals surface area contributed by atoms with Crippen LogP contribution >= 0.6 is 0 Å².